The molecule has 1 aromatic heterocycles. The molecule has 0 aliphatic rings. The van der Waals surface area contributed by atoms with Crippen molar-refractivity contribution in [2.75, 3.05) is 0 Å². The highest BCUT2D eigenvalue weighted by molar-refractivity contribution is 5.18. The molecule has 0 atom stereocenters. The third-order valence-corrected chi connectivity index (χ3v) is 2.49. The van der Waals surface area contributed by atoms with E-state index in [2.05, 4.69) is 44.8 Å². The Hall–Kier alpha value is -0.850. The molecule has 0 amide bonds. The Morgan fingerprint density at radius 2 is 2.00 bits per heavy atom. The monoisotopic (exact) mass is 163 g/mol. The van der Waals surface area contributed by atoms with E-state index in [9.17, 15) is 0 Å². The fourth-order valence-electron chi connectivity index (χ4n) is 1.05. The van der Waals surface area contributed by atoms with Crippen molar-refractivity contribution in [1.29, 1.82) is 0 Å². The molecule has 0 aliphatic heterocycles. The van der Waals surface area contributed by atoms with Gasteiger partial charge in [-0.25, -0.2) is 0 Å². The maximum atomic E-state index is 4.42. The molecule has 0 saturated heterocycles. The summed E-state index contributed by atoms with van der Waals surface area (Å²) in [6, 6.07) is 4.25. The second-order valence-electron chi connectivity index (χ2n) is 3.96. The van der Waals surface area contributed by atoms with Crippen LogP contribution >= 0.6 is 0 Å². The fraction of sp³-hybridized carbons (Fsp3) is 0.545. The molecule has 0 aromatic carbocycles. The van der Waals surface area contributed by atoms with Gasteiger partial charge in [0.05, 0.1) is 0 Å². The quantitative estimate of drug-likeness (QED) is 0.653. The van der Waals surface area contributed by atoms with Crippen molar-refractivity contribution in [2.45, 2.75) is 39.5 Å². The van der Waals surface area contributed by atoms with Crippen LogP contribution in [-0.2, 0) is 5.41 Å². The van der Waals surface area contributed by atoms with Crippen LogP contribution in [0.1, 0.15) is 38.4 Å². The summed E-state index contributed by atoms with van der Waals surface area (Å²) in [5.41, 5.74) is 2.63. The van der Waals surface area contributed by atoms with E-state index in [0.717, 1.165) is 6.42 Å². The topological polar surface area (TPSA) is 12.9 Å². The van der Waals surface area contributed by atoms with Gasteiger partial charge < -0.3 is 0 Å². The molecule has 1 rings (SSSR count). The number of hydrogen-bond donors (Lipinski definition) is 0. The molecule has 0 bridgehead atoms. The lowest BCUT2D eigenvalue weighted by Gasteiger charge is -2.21. The molecule has 0 saturated carbocycles. The van der Waals surface area contributed by atoms with Crippen molar-refractivity contribution < 1.29 is 0 Å². The second kappa shape index (κ2) is 3.26. The largest absolute Gasteiger partial charge is 0.260 e. The van der Waals surface area contributed by atoms with Gasteiger partial charge >= 0.3 is 0 Å². The van der Waals surface area contributed by atoms with Gasteiger partial charge in [-0.05, 0) is 25.0 Å². The fourth-order valence-corrected chi connectivity index (χ4v) is 1.05. The predicted octanol–water partition coefficient (Wildman–Crippen LogP) is 3.08. The van der Waals surface area contributed by atoms with Gasteiger partial charge in [0.2, 0.25) is 0 Å². The van der Waals surface area contributed by atoms with Crippen molar-refractivity contribution in [3.8, 4) is 0 Å². The van der Waals surface area contributed by atoms with E-state index >= 15 is 0 Å². The van der Waals surface area contributed by atoms with Crippen LogP contribution in [0.4, 0.5) is 0 Å². The van der Waals surface area contributed by atoms with Gasteiger partial charge in [-0.3, -0.25) is 4.98 Å². The SMILES string of the molecule is CCC(C)(C)c1ccc(C)cn1. The minimum atomic E-state index is 0.216. The number of rotatable bonds is 2. The van der Waals surface area contributed by atoms with E-state index in [1.54, 1.807) is 0 Å². The van der Waals surface area contributed by atoms with Crippen LogP contribution in [0.25, 0.3) is 0 Å². The molecule has 0 radical (unpaired) electrons. The first-order valence-corrected chi connectivity index (χ1v) is 4.49. The van der Waals surface area contributed by atoms with E-state index in [0.29, 0.717) is 0 Å². The zero-order valence-electron chi connectivity index (χ0n) is 8.39. The molecule has 1 aromatic rings. The van der Waals surface area contributed by atoms with Crippen LogP contribution < -0.4 is 0 Å². The van der Waals surface area contributed by atoms with Crippen molar-refractivity contribution in [3.63, 3.8) is 0 Å². The highest BCUT2D eigenvalue weighted by Crippen LogP contribution is 2.24. The summed E-state index contributed by atoms with van der Waals surface area (Å²) in [6.45, 7) is 8.71. The molecular weight excluding hydrogens is 146 g/mol. The van der Waals surface area contributed by atoms with Gasteiger partial charge in [-0.15, -0.1) is 0 Å². The Labute approximate surface area is 74.8 Å². The molecule has 66 valence electrons. The normalized spacial score (nSPS) is 11.7. The zero-order chi connectivity index (χ0) is 9.19. The predicted molar refractivity (Wildman–Crippen MR) is 52.3 cm³/mol. The van der Waals surface area contributed by atoms with Crippen molar-refractivity contribution in [1.82, 2.24) is 4.98 Å². The Balaban J connectivity index is 2.96. The van der Waals surface area contributed by atoms with Crippen LogP contribution in [0.3, 0.4) is 0 Å². The van der Waals surface area contributed by atoms with Crippen LogP contribution in [0.5, 0.6) is 0 Å². The molecule has 12 heavy (non-hydrogen) atoms. The molecule has 1 nitrogen and oxygen atoms in total. The highest BCUT2D eigenvalue weighted by Gasteiger charge is 2.18. The van der Waals surface area contributed by atoms with Crippen LogP contribution in [0, 0.1) is 6.92 Å². The minimum absolute atomic E-state index is 0.216. The average molecular weight is 163 g/mol. The highest BCUT2D eigenvalue weighted by atomic mass is 14.7. The average Bonchev–Trinajstić information content (AvgIpc) is 2.05. The standard InChI is InChI=1S/C11H17N/c1-5-11(3,4)10-7-6-9(2)8-12-10/h6-8H,5H2,1-4H3. The lowest BCUT2D eigenvalue weighted by Crippen LogP contribution is -2.17. The molecule has 0 fully saturated rings. The molecule has 0 unspecified atom stereocenters. The lowest BCUT2D eigenvalue weighted by molar-refractivity contribution is 0.490. The lowest BCUT2D eigenvalue weighted by atomic mass is 9.86. The zero-order valence-corrected chi connectivity index (χ0v) is 8.39. The summed E-state index contributed by atoms with van der Waals surface area (Å²) in [6.07, 6.45) is 3.07. The minimum Gasteiger partial charge on any atom is -0.260 e. The van der Waals surface area contributed by atoms with Crippen LogP contribution in [0.15, 0.2) is 18.3 Å². The van der Waals surface area contributed by atoms with Gasteiger partial charge in [0, 0.05) is 17.3 Å². The molecule has 1 heteroatoms. The first kappa shape index (κ1) is 9.24. The second-order valence-corrected chi connectivity index (χ2v) is 3.96. The number of nitrogens with zero attached hydrogens (tertiary/aromatic N) is 1. The summed E-state index contributed by atoms with van der Waals surface area (Å²) < 4.78 is 0. The van der Waals surface area contributed by atoms with E-state index in [4.69, 9.17) is 0 Å². The summed E-state index contributed by atoms with van der Waals surface area (Å²) in [5.74, 6) is 0. The van der Waals surface area contributed by atoms with Gasteiger partial charge in [0.25, 0.3) is 0 Å². The molecule has 0 N–H and O–H groups in total. The molecule has 1 heterocycles. The number of pyridine rings is 1. The Morgan fingerprint density at radius 1 is 1.33 bits per heavy atom. The third kappa shape index (κ3) is 1.84. The maximum Gasteiger partial charge on any atom is 0.0459 e. The maximum absolute atomic E-state index is 4.42. The van der Waals surface area contributed by atoms with Gasteiger partial charge in [0.15, 0.2) is 0 Å². The Bertz CT molecular complexity index is 246. The smallest absolute Gasteiger partial charge is 0.0459 e. The summed E-state index contributed by atoms with van der Waals surface area (Å²) >= 11 is 0. The number of aromatic nitrogens is 1. The van der Waals surface area contributed by atoms with E-state index in [1.165, 1.54) is 11.3 Å². The van der Waals surface area contributed by atoms with Crippen LogP contribution in [0.2, 0.25) is 0 Å². The molecule has 0 aliphatic carbocycles. The van der Waals surface area contributed by atoms with Crippen molar-refractivity contribution in [3.05, 3.63) is 29.6 Å². The first-order chi connectivity index (χ1) is 5.56. The summed E-state index contributed by atoms with van der Waals surface area (Å²) in [5, 5.41) is 0. The van der Waals surface area contributed by atoms with E-state index < -0.39 is 0 Å². The number of aryl methyl sites for hydroxylation is 1. The van der Waals surface area contributed by atoms with Crippen LogP contribution in [-0.4, -0.2) is 4.98 Å². The van der Waals surface area contributed by atoms with Gasteiger partial charge in [-0.2, -0.15) is 0 Å². The third-order valence-electron chi connectivity index (χ3n) is 2.49. The first-order valence-electron chi connectivity index (χ1n) is 4.49. The molecule has 0 spiro atoms. The summed E-state index contributed by atoms with van der Waals surface area (Å²) in [7, 11) is 0. The Morgan fingerprint density at radius 3 is 2.42 bits per heavy atom. The van der Waals surface area contributed by atoms with Gasteiger partial charge in [0.1, 0.15) is 0 Å². The summed E-state index contributed by atoms with van der Waals surface area (Å²) in [4.78, 5) is 4.42. The Kier molecular flexibility index (Phi) is 2.51. The van der Waals surface area contributed by atoms with E-state index in [-0.39, 0.29) is 5.41 Å². The number of hydrogen-bond acceptors (Lipinski definition) is 1. The van der Waals surface area contributed by atoms with Gasteiger partial charge in [-0.1, -0.05) is 26.8 Å². The van der Waals surface area contributed by atoms with Crippen molar-refractivity contribution in [2.24, 2.45) is 0 Å². The molecular formula is C11H17N. The van der Waals surface area contributed by atoms with Crippen molar-refractivity contribution >= 4 is 0 Å². The van der Waals surface area contributed by atoms with E-state index in [1.807, 2.05) is 6.20 Å².